The number of alkyl halides is 3. The van der Waals surface area contributed by atoms with Crippen molar-refractivity contribution in [1.29, 1.82) is 0 Å². The number of rotatable bonds is 2. The highest BCUT2D eigenvalue weighted by Crippen LogP contribution is 2.27. The zero-order chi connectivity index (χ0) is 12.2. The first kappa shape index (κ1) is 12.2. The number of methoxy groups -OCH3 is 1. The predicted octanol–water partition coefficient (Wildman–Crippen LogP) is 2.29. The quantitative estimate of drug-likeness (QED) is 0.579. The van der Waals surface area contributed by atoms with Crippen molar-refractivity contribution in [3.8, 4) is 0 Å². The molecule has 1 heterocycles. The average Bonchev–Trinajstić information content (AvgIpc) is 2.25. The van der Waals surface area contributed by atoms with Crippen LogP contribution in [-0.4, -0.2) is 18.1 Å². The largest absolute Gasteiger partial charge is 0.466 e. The van der Waals surface area contributed by atoms with Gasteiger partial charge in [0, 0.05) is 12.3 Å². The highest BCUT2D eigenvalue weighted by molar-refractivity contribution is 5.86. The lowest BCUT2D eigenvalue weighted by Crippen LogP contribution is -2.07. The highest BCUT2D eigenvalue weighted by atomic mass is 19.4. The van der Waals surface area contributed by atoms with E-state index < -0.39 is 17.8 Å². The average molecular weight is 231 g/mol. The molecule has 0 aliphatic rings. The van der Waals surface area contributed by atoms with E-state index in [-0.39, 0.29) is 0 Å². The third-order valence-corrected chi connectivity index (χ3v) is 1.69. The number of nitrogens with zero attached hydrogens (tertiary/aromatic N) is 1. The second kappa shape index (κ2) is 4.78. The summed E-state index contributed by atoms with van der Waals surface area (Å²) in [6.45, 7) is 0. The van der Waals surface area contributed by atoms with Crippen molar-refractivity contribution in [2.24, 2.45) is 0 Å². The molecule has 0 N–H and O–H groups in total. The highest BCUT2D eigenvalue weighted by Gasteiger charge is 2.31. The molecule has 0 spiro atoms. The van der Waals surface area contributed by atoms with E-state index in [1.54, 1.807) is 0 Å². The molecule has 0 unspecified atom stereocenters. The minimum atomic E-state index is -4.45. The minimum absolute atomic E-state index is 0.387. The third kappa shape index (κ3) is 3.38. The maximum absolute atomic E-state index is 12.1. The van der Waals surface area contributed by atoms with Gasteiger partial charge in [0.2, 0.25) is 0 Å². The van der Waals surface area contributed by atoms with Crippen LogP contribution in [0.25, 0.3) is 6.08 Å². The first-order chi connectivity index (χ1) is 7.43. The number of hydrogen-bond donors (Lipinski definition) is 0. The van der Waals surface area contributed by atoms with Crippen LogP contribution in [0.15, 0.2) is 24.4 Å². The first-order valence-electron chi connectivity index (χ1n) is 4.23. The number of ether oxygens (including phenoxy) is 1. The summed E-state index contributed by atoms with van der Waals surface area (Å²) in [6.07, 6.45) is -1.00. The van der Waals surface area contributed by atoms with Gasteiger partial charge in [-0.1, -0.05) is 6.07 Å². The van der Waals surface area contributed by atoms with Gasteiger partial charge in [-0.15, -0.1) is 0 Å². The monoisotopic (exact) mass is 231 g/mol. The van der Waals surface area contributed by atoms with E-state index in [0.717, 1.165) is 18.3 Å². The Balaban J connectivity index is 2.80. The summed E-state index contributed by atoms with van der Waals surface area (Å²) in [5.74, 6) is -0.583. The Morgan fingerprint density at radius 3 is 2.56 bits per heavy atom. The molecule has 3 nitrogen and oxygen atoms in total. The molecule has 0 saturated carbocycles. The zero-order valence-electron chi connectivity index (χ0n) is 8.28. The smallest absolute Gasteiger partial charge is 0.433 e. The van der Waals surface area contributed by atoms with Gasteiger partial charge in [0.15, 0.2) is 0 Å². The van der Waals surface area contributed by atoms with Gasteiger partial charge in [-0.3, -0.25) is 4.98 Å². The van der Waals surface area contributed by atoms with Crippen LogP contribution < -0.4 is 0 Å². The van der Waals surface area contributed by atoms with Crippen molar-refractivity contribution >= 4 is 12.0 Å². The third-order valence-electron chi connectivity index (χ3n) is 1.69. The van der Waals surface area contributed by atoms with Gasteiger partial charge in [0.25, 0.3) is 0 Å². The molecule has 0 radical (unpaired) electrons. The molecule has 86 valence electrons. The fraction of sp³-hybridized carbons (Fsp3) is 0.200. The van der Waals surface area contributed by atoms with Crippen LogP contribution in [0.5, 0.6) is 0 Å². The number of aromatic nitrogens is 1. The molecule has 1 aromatic heterocycles. The van der Waals surface area contributed by atoms with E-state index in [4.69, 9.17) is 0 Å². The van der Waals surface area contributed by atoms with Crippen molar-refractivity contribution in [3.05, 3.63) is 35.7 Å². The summed E-state index contributed by atoms with van der Waals surface area (Å²) in [5.41, 5.74) is -0.582. The van der Waals surface area contributed by atoms with Crippen molar-refractivity contribution in [3.63, 3.8) is 0 Å². The summed E-state index contributed by atoms with van der Waals surface area (Å²) >= 11 is 0. The maximum Gasteiger partial charge on any atom is 0.433 e. The van der Waals surface area contributed by atoms with Crippen LogP contribution >= 0.6 is 0 Å². The molecule has 0 amide bonds. The molecule has 6 heteroatoms. The van der Waals surface area contributed by atoms with E-state index in [2.05, 4.69) is 9.72 Å². The van der Waals surface area contributed by atoms with Gasteiger partial charge in [-0.25, -0.2) is 4.79 Å². The predicted molar refractivity (Wildman–Crippen MR) is 50.3 cm³/mol. The molecule has 0 aromatic carbocycles. The van der Waals surface area contributed by atoms with Gasteiger partial charge < -0.3 is 4.74 Å². The Kier molecular flexibility index (Phi) is 3.65. The summed E-state index contributed by atoms with van der Waals surface area (Å²) in [6, 6.07) is 2.06. The number of carbonyl (C=O) groups excluding carboxylic acids is 1. The molecular weight excluding hydrogens is 223 g/mol. The molecule has 0 aliphatic heterocycles. The molecular formula is C10H8F3NO2. The van der Waals surface area contributed by atoms with Crippen molar-refractivity contribution in [2.45, 2.75) is 6.18 Å². The topological polar surface area (TPSA) is 39.2 Å². The lowest BCUT2D eigenvalue weighted by Gasteiger charge is -2.04. The van der Waals surface area contributed by atoms with Gasteiger partial charge >= 0.3 is 12.1 Å². The van der Waals surface area contributed by atoms with Crippen LogP contribution in [0, 0.1) is 0 Å². The van der Waals surface area contributed by atoms with Crippen molar-refractivity contribution in [1.82, 2.24) is 4.98 Å². The molecule has 16 heavy (non-hydrogen) atoms. The van der Waals surface area contributed by atoms with Gasteiger partial charge in [0.05, 0.1) is 7.11 Å². The molecule has 0 atom stereocenters. The Morgan fingerprint density at radius 2 is 2.12 bits per heavy atom. The summed E-state index contributed by atoms with van der Waals surface area (Å²) in [4.78, 5) is 13.9. The Bertz CT molecular complexity index is 396. The molecule has 0 bridgehead atoms. The Morgan fingerprint density at radius 1 is 1.44 bits per heavy atom. The van der Waals surface area contributed by atoms with Gasteiger partial charge in [-0.05, 0) is 17.7 Å². The standard InChI is InChI=1S/C10H8F3NO2/c1-16-9(15)5-3-7-2-4-8(14-6-7)10(11,12)13/h2-6H,1H3. The first-order valence-corrected chi connectivity index (χ1v) is 4.23. The Labute approximate surface area is 89.6 Å². The maximum atomic E-state index is 12.1. The molecule has 0 fully saturated rings. The van der Waals surface area contributed by atoms with Crippen LogP contribution in [0.2, 0.25) is 0 Å². The fourth-order valence-electron chi connectivity index (χ4n) is 0.904. The minimum Gasteiger partial charge on any atom is -0.466 e. The molecule has 1 aromatic rings. The van der Waals surface area contributed by atoms with E-state index in [9.17, 15) is 18.0 Å². The van der Waals surface area contributed by atoms with Gasteiger partial charge in [-0.2, -0.15) is 13.2 Å². The molecule has 1 rings (SSSR count). The van der Waals surface area contributed by atoms with Crippen LogP contribution in [0.3, 0.4) is 0 Å². The number of halogens is 3. The van der Waals surface area contributed by atoms with E-state index in [1.165, 1.54) is 19.3 Å². The van der Waals surface area contributed by atoms with Crippen molar-refractivity contribution < 1.29 is 22.7 Å². The summed E-state index contributed by atoms with van der Waals surface area (Å²) < 4.78 is 40.7. The van der Waals surface area contributed by atoms with Crippen LogP contribution in [0.4, 0.5) is 13.2 Å². The molecule has 0 saturated heterocycles. The Hall–Kier alpha value is -1.85. The molecule has 0 aliphatic carbocycles. The summed E-state index contributed by atoms with van der Waals surface area (Å²) in [7, 11) is 1.21. The second-order valence-corrected chi connectivity index (χ2v) is 2.83. The van der Waals surface area contributed by atoms with E-state index in [1.807, 2.05) is 0 Å². The van der Waals surface area contributed by atoms with E-state index >= 15 is 0 Å². The zero-order valence-corrected chi connectivity index (χ0v) is 8.28. The lowest BCUT2D eigenvalue weighted by atomic mass is 10.2. The number of pyridine rings is 1. The second-order valence-electron chi connectivity index (χ2n) is 2.83. The summed E-state index contributed by atoms with van der Waals surface area (Å²) in [5, 5.41) is 0. The van der Waals surface area contributed by atoms with Crippen molar-refractivity contribution in [2.75, 3.05) is 7.11 Å². The van der Waals surface area contributed by atoms with Gasteiger partial charge in [0.1, 0.15) is 5.69 Å². The number of carbonyl (C=O) groups is 1. The van der Waals surface area contributed by atoms with E-state index in [0.29, 0.717) is 5.56 Å². The number of esters is 1. The van der Waals surface area contributed by atoms with Crippen LogP contribution in [0.1, 0.15) is 11.3 Å². The fourth-order valence-corrected chi connectivity index (χ4v) is 0.904. The van der Waals surface area contributed by atoms with Crippen LogP contribution in [-0.2, 0) is 15.7 Å². The number of hydrogen-bond acceptors (Lipinski definition) is 3. The lowest BCUT2D eigenvalue weighted by molar-refractivity contribution is -0.141. The SMILES string of the molecule is COC(=O)C=Cc1ccc(C(F)(F)F)nc1. The normalized spacial score (nSPS) is 11.8.